The molecule has 1 unspecified atom stereocenters. The average Bonchev–Trinajstić information content (AvgIpc) is 3.08. The van der Waals surface area contributed by atoms with E-state index in [4.69, 9.17) is 11.1 Å². The van der Waals surface area contributed by atoms with Crippen LogP contribution >= 0.6 is 0 Å². The minimum absolute atomic E-state index is 0.405. The number of hydrazine groups is 1. The van der Waals surface area contributed by atoms with Gasteiger partial charge in [-0.15, -0.1) is 0 Å². The topological polar surface area (TPSA) is 95.3 Å². The van der Waals surface area contributed by atoms with Crippen molar-refractivity contribution in [3.8, 4) is 6.07 Å². The molecule has 3 heterocycles. The monoisotopic (exact) mass is 271 g/mol. The smallest absolute Gasteiger partial charge is 0.177 e. The van der Waals surface area contributed by atoms with Crippen molar-refractivity contribution in [1.82, 2.24) is 14.6 Å². The van der Waals surface area contributed by atoms with Gasteiger partial charge in [0, 0.05) is 18.2 Å². The van der Waals surface area contributed by atoms with Crippen LogP contribution in [0.25, 0.3) is 5.65 Å². The Morgan fingerprint density at radius 3 is 3.05 bits per heavy atom. The highest BCUT2D eigenvalue weighted by atomic mass is 15.4. The van der Waals surface area contributed by atoms with E-state index >= 15 is 0 Å². The second-order valence-corrected chi connectivity index (χ2v) is 5.01. The van der Waals surface area contributed by atoms with Crippen LogP contribution in [0.15, 0.2) is 6.20 Å². The van der Waals surface area contributed by atoms with Gasteiger partial charge in [0.25, 0.3) is 0 Å². The molecular formula is C13H17N7. The van der Waals surface area contributed by atoms with Crippen LogP contribution < -0.4 is 16.2 Å². The van der Waals surface area contributed by atoms with Crippen molar-refractivity contribution in [2.75, 3.05) is 16.9 Å². The fraction of sp³-hybridized carbons (Fsp3) is 0.462. The second kappa shape index (κ2) is 4.65. The summed E-state index contributed by atoms with van der Waals surface area (Å²) in [6.45, 7) is 5.26. The molecule has 1 aliphatic heterocycles. The van der Waals surface area contributed by atoms with Crippen LogP contribution in [0.4, 0.5) is 11.6 Å². The summed E-state index contributed by atoms with van der Waals surface area (Å²) in [7, 11) is 0. The predicted molar refractivity (Wildman–Crippen MR) is 76.3 cm³/mol. The Morgan fingerprint density at radius 2 is 2.40 bits per heavy atom. The maximum absolute atomic E-state index is 9.15. The maximum atomic E-state index is 9.15. The lowest BCUT2D eigenvalue weighted by molar-refractivity contribution is 0.623. The summed E-state index contributed by atoms with van der Waals surface area (Å²) in [5.41, 5.74) is 4.72. The van der Waals surface area contributed by atoms with Gasteiger partial charge in [-0.1, -0.05) is 6.92 Å². The van der Waals surface area contributed by atoms with Crippen LogP contribution in [0.1, 0.15) is 31.4 Å². The zero-order valence-corrected chi connectivity index (χ0v) is 11.6. The fourth-order valence-electron chi connectivity index (χ4n) is 2.72. The number of hydrogen-bond donors (Lipinski definition) is 2. The van der Waals surface area contributed by atoms with Gasteiger partial charge in [-0.25, -0.2) is 10.8 Å². The van der Waals surface area contributed by atoms with Gasteiger partial charge in [0.2, 0.25) is 0 Å². The quantitative estimate of drug-likeness (QED) is 0.640. The molecular weight excluding hydrogens is 254 g/mol. The predicted octanol–water partition coefficient (Wildman–Crippen LogP) is 1.05. The summed E-state index contributed by atoms with van der Waals surface area (Å²) in [4.78, 5) is 6.74. The molecule has 0 amide bonds. The third-order valence-corrected chi connectivity index (χ3v) is 3.97. The highest BCUT2D eigenvalue weighted by Gasteiger charge is 2.30. The molecule has 104 valence electrons. The van der Waals surface area contributed by atoms with Crippen LogP contribution in [0.5, 0.6) is 0 Å². The lowest BCUT2D eigenvalue weighted by Gasteiger charge is -2.26. The Morgan fingerprint density at radius 1 is 1.60 bits per heavy atom. The van der Waals surface area contributed by atoms with E-state index in [0.717, 1.165) is 30.8 Å². The Kier molecular flexibility index (Phi) is 2.95. The van der Waals surface area contributed by atoms with E-state index in [1.54, 1.807) is 10.7 Å². The minimum Gasteiger partial charge on any atom is -0.353 e. The zero-order chi connectivity index (χ0) is 14.3. The molecule has 20 heavy (non-hydrogen) atoms. The fourth-order valence-corrected chi connectivity index (χ4v) is 2.72. The van der Waals surface area contributed by atoms with E-state index in [2.05, 4.69) is 40.3 Å². The number of nitrogens with two attached hydrogens (primary N) is 1. The van der Waals surface area contributed by atoms with Crippen LogP contribution in [0.2, 0.25) is 0 Å². The van der Waals surface area contributed by atoms with Gasteiger partial charge >= 0.3 is 0 Å². The zero-order valence-electron chi connectivity index (χ0n) is 11.6. The molecule has 1 atom stereocenters. The van der Waals surface area contributed by atoms with Gasteiger partial charge in [0.05, 0.1) is 6.20 Å². The van der Waals surface area contributed by atoms with Crippen molar-refractivity contribution in [3.63, 3.8) is 0 Å². The highest BCUT2D eigenvalue weighted by molar-refractivity contribution is 5.71. The molecule has 0 aromatic carbocycles. The minimum atomic E-state index is 0.405. The lowest BCUT2D eigenvalue weighted by atomic mass is 10.2. The van der Waals surface area contributed by atoms with Crippen molar-refractivity contribution in [3.05, 3.63) is 17.3 Å². The first-order chi connectivity index (χ1) is 9.71. The Balaban J connectivity index is 2.29. The van der Waals surface area contributed by atoms with Crippen LogP contribution in [0.3, 0.4) is 0 Å². The third kappa shape index (κ3) is 1.62. The van der Waals surface area contributed by atoms with Crippen molar-refractivity contribution in [2.45, 2.75) is 32.7 Å². The van der Waals surface area contributed by atoms with Gasteiger partial charge < -0.3 is 10.3 Å². The van der Waals surface area contributed by atoms with E-state index in [-0.39, 0.29) is 0 Å². The van der Waals surface area contributed by atoms with Gasteiger partial charge in [0.15, 0.2) is 5.65 Å². The number of fused-ring (bicyclic) bond motifs is 3. The molecule has 3 rings (SSSR count). The summed E-state index contributed by atoms with van der Waals surface area (Å²) in [6, 6.07) is 2.52. The number of aromatic nitrogens is 3. The Labute approximate surface area is 117 Å². The number of nitrogens with zero attached hydrogens (tertiary/aromatic N) is 5. The molecule has 7 heteroatoms. The molecule has 0 saturated carbocycles. The summed E-state index contributed by atoms with van der Waals surface area (Å²) >= 11 is 0. The van der Waals surface area contributed by atoms with Gasteiger partial charge in [0.1, 0.15) is 23.3 Å². The molecule has 0 radical (unpaired) electrons. The van der Waals surface area contributed by atoms with E-state index in [9.17, 15) is 0 Å². The van der Waals surface area contributed by atoms with Gasteiger partial charge in [-0.3, -0.25) is 0 Å². The van der Waals surface area contributed by atoms with Crippen molar-refractivity contribution < 1.29 is 0 Å². The number of anilines is 2. The summed E-state index contributed by atoms with van der Waals surface area (Å²) in [5.74, 6) is 7.22. The van der Waals surface area contributed by atoms with Gasteiger partial charge in [-0.05, 0) is 19.8 Å². The number of nitrogen functional groups attached to an aromatic ring is 1. The lowest BCUT2D eigenvalue weighted by Crippen LogP contribution is -2.32. The van der Waals surface area contributed by atoms with Crippen LogP contribution in [-0.4, -0.2) is 27.2 Å². The average molecular weight is 271 g/mol. The summed E-state index contributed by atoms with van der Waals surface area (Å²) in [5, 5.41) is 13.5. The van der Waals surface area contributed by atoms with Crippen LogP contribution in [0, 0.1) is 11.3 Å². The second-order valence-electron chi connectivity index (χ2n) is 5.01. The van der Waals surface area contributed by atoms with Crippen molar-refractivity contribution in [1.29, 1.82) is 5.26 Å². The van der Waals surface area contributed by atoms with Crippen molar-refractivity contribution >= 4 is 17.3 Å². The number of nitriles is 1. The number of nitrogens with one attached hydrogen (secondary N) is 1. The first-order valence-corrected chi connectivity index (χ1v) is 6.75. The normalized spacial score (nSPS) is 15.2. The molecule has 1 aliphatic rings. The Hall–Kier alpha value is -2.33. The third-order valence-electron chi connectivity index (χ3n) is 3.97. The Bertz CT molecular complexity index is 697. The molecule has 0 aliphatic carbocycles. The van der Waals surface area contributed by atoms with Crippen LogP contribution in [-0.2, 0) is 6.42 Å². The number of hydrogen-bond acceptors (Lipinski definition) is 6. The molecule has 2 aromatic rings. The van der Waals surface area contributed by atoms with E-state index in [1.165, 1.54) is 0 Å². The van der Waals surface area contributed by atoms with Gasteiger partial charge in [-0.2, -0.15) is 14.9 Å². The molecule has 0 bridgehead atoms. The van der Waals surface area contributed by atoms with Crippen molar-refractivity contribution in [2.24, 2.45) is 5.84 Å². The largest absolute Gasteiger partial charge is 0.353 e. The van der Waals surface area contributed by atoms with E-state index in [1.807, 2.05) is 0 Å². The standard InChI is InChI=1S/C13H17N7/c1-3-8(2)19-5-4-10-11(18-15)17-12-9(6-14)7-16-20(12)13(10)19/h7-8H,3-5,15H2,1-2H3,(H,17,18). The summed E-state index contributed by atoms with van der Waals surface area (Å²) < 4.78 is 1.76. The highest BCUT2D eigenvalue weighted by Crippen LogP contribution is 2.35. The molecule has 7 nitrogen and oxygen atoms in total. The summed E-state index contributed by atoms with van der Waals surface area (Å²) in [6.07, 6.45) is 3.47. The SMILES string of the molecule is CCC(C)N1CCc2c(NN)nc3c(C#N)cnn3c21. The van der Waals surface area contributed by atoms with E-state index in [0.29, 0.717) is 23.1 Å². The molecule has 0 saturated heterocycles. The number of rotatable bonds is 3. The molecule has 0 spiro atoms. The van der Waals surface area contributed by atoms with E-state index < -0.39 is 0 Å². The molecule has 0 fully saturated rings. The first-order valence-electron chi connectivity index (χ1n) is 6.75. The maximum Gasteiger partial charge on any atom is 0.177 e. The molecule has 2 aromatic heterocycles. The first kappa shape index (κ1) is 12.7. The molecule has 3 N–H and O–H groups in total.